The van der Waals surface area contributed by atoms with Crippen molar-refractivity contribution in [2.24, 2.45) is 5.92 Å². The van der Waals surface area contributed by atoms with E-state index in [0.29, 0.717) is 5.92 Å². The van der Waals surface area contributed by atoms with E-state index >= 15 is 0 Å². The van der Waals surface area contributed by atoms with Crippen molar-refractivity contribution in [1.29, 1.82) is 0 Å². The highest BCUT2D eigenvalue weighted by Crippen LogP contribution is 2.33. The van der Waals surface area contributed by atoms with Gasteiger partial charge in [-0.25, -0.2) is 8.93 Å². The Morgan fingerprint density at radius 3 is 2.00 bits per heavy atom. The van der Waals surface area contributed by atoms with Gasteiger partial charge < -0.3 is 0 Å². The second-order valence-corrected chi connectivity index (χ2v) is 15.2. The predicted molar refractivity (Wildman–Crippen MR) is 97.1 cm³/mol. The second kappa shape index (κ2) is 6.98. The van der Waals surface area contributed by atoms with Gasteiger partial charge in [0.2, 0.25) is 0 Å². The molecule has 1 rings (SSSR count). The van der Waals surface area contributed by atoms with Crippen LogP contribution in [0.5, 0.6) is 0 Å². The van der Waals surface area contributed by atoms with Gasteiger partial charge in [0.05, 0.1) is 21.3 Å². The van der Waals surface area contributed by atoms with Crippen LogP contribution in [0, 0.1) is 17.4 Å². The average Bonchev–Trinajstić information content (AvgIpc) is 2.35. The molecule has 21 heavy (non-hydrogen) atoms. The molecule has 1 saturated carbocycles. The fraction of sp³-hybridized carbons (Fsp3) is 0.882. The molecule has 0 aromatic rings. The first-order chi connectivity index (χ1) is 9.44. The number of nitrogens with one attached hydrogen (secondary N) is 1. The summed E-state index contributed by atoms with van der Waals surface area (Å²) in [5.41, 5.74) is 3.19. The Morgan fingerprint density at radius 1 is 1.05 bits per heavy atom. The molecule has 0 aromatic heterocycles. The van der Waals surface area contributed by atoms with Crippen molar-refractivity contribution in [2.45, 2.75) is 89.7 Å². The van der Waals surface area contributed by atoms with Gasteiger partial charge in [-0.3, -0.25) is 0 Å². The summed E-state index contributed by atoms with van der Waals surface area (Å²) >= 11 is 0. The molecule has 2 nitrogen and oxygen atoms in total. The zero-order valence-electron chi connectivity index (χ0n) is 14.9. The standard InChI is InChI=1S/C17H33NOSSi/c1-16(2,3)20(19)18-17(4,13-14-21(5,6)7)15-11-9-8-10-12-15/h15,18H,8-12H2,1-7H3/t17-,20?/m1/s1. The largest absolute Gasteiger partial charge is 0.242 e. The third-order valence-electron chi connectivity index (χ3n) is 3.98. The Balaban J connectivity index is 3.03. The van der Waals surface area contributed by atoms with E-state index in [2.05, 4.69) is 42.8 Å². The van der Waals surface area contributed by atoms with Crippen molar-refractivity contribution in [3.63, 3.8) is 0 Å². The summed E-state index contributed by atoms with van der Waals surface area (Å²) in [6.07, 6.45) is 6.28. The highest BCUT2D eigenvalue weighted by atomic mass is 32.2. The zero-order chi connectivity index (χ0) is 16.3. The van der Waals surface area contributed by atoms with E-state index in [0.717, 1.165) is 0 Å². The van der Waals surface area contributed by atoms with Gasteiger partial charge >= 0.3 is 0 Å². The minimum absolute atomic E-state index is 0.253. The topological polar surface area (TPSA) is 29.1 Å². The third-order valence-corrected chi connectivity index (χ3v) is 6.58. The number of rotatable bonds is 3. The van der Waals surface area contributed by atoms with Crippen LogP contribution in [0.4, 0.5) is 0 Å². The molecule has 1 aliphatic rings. The smallest absolute Gasteiger partial charge is 0.129 e. The van der Waals surface area contributed by atoms with Crippen molar-refractivity contribution in [2.75, 3.05) is 0 Å². The van der Waals surface area contributed by atoms with Crippen LogP contribution in [0.15, 0.2) is 0 Å². The monoisotopic (exact) mass is 327 g/mol. The van der Waals surface area contributed by atoms with E-state index in [1.165, 1.54) is 32.1 Å². The van der Waals surface area contributed by atoms with Crippen LogP contribution in [0.1, 0.15) is 59.8 Å². The van der Waals surface area contributed by atoms with E-state index in [1.807, 2.05) is 20.8 Å². The van der Waals surface area contributed by atoms with Gasteiger partial charge in [0.25, 0.3) is 0 Å². The maximum atomic E-state index is 12.6. The lowest BCUT2D eigenvalue weighted by Gasteiger charge is -2.38. The predicted octanol–water partition coefficient (Wildman–Crippen LogP) is 4.26. The van der Waals surface area contributed by atoms with Gasteiger partial charge in [-0.1, -0.05) is 44.8 Å². The van der Waals surface area contributed by atoms with Crippen LogP contribution in [0.3, 0.4) is 0 Å². The maximum absolute atomic E-state index is 12.6. The number of hydrogen-bond donors (Lipinski definition) is 1. The summed E-state index contributed by atoms with van der Waals surface area (Å²) in [7, 11) is -2.50. The van der Waals surface area contributed by atoms with Crippen molar-refractivity contribution < 1.29 is 4.21 Å². The van der Waals surface area contributed by atoms with Gasteiger partial charge in [0.1, 0.15) is 8.07 Å². The summed E-state index contributed by atoms with van der Waals surface area (Å²) < 4.78 is 15.7. The molecule has 1 aliphatic carbocycles. The minimum Gasteiger partial charge on any atom is -0.242 e. The quantitative estimate of drug-likeness (QED) is 0.609. The van der Waals surface area contributed by atoms with Crippen molar-refractivity contribution >= 4 is 19.1 Å². The highest BCUT2D eigenvalue weighted by Gasteiger charge is 2.37. The average molecular weight is 328 g/mol. The van der Waals surface area contributed by atoms with Gasteiger partial charge in [0.15, 0.2) is 0 Å². The molecule has 4 heteroatoms. The third kappa shape index (κ3) is 6.26. The lowest BCUT2D eigenvalue weighted by atomic mass is 9.77. The first-order valence-electron chi connectivity index (χ1n) is 8.18. The zero-order valence-corrected chi connectivity index (χ0v) is 16.7. The van der Waals surface area contributed by atoms with Gasteiger partial charge in [-0.05, 0) is 46.5 Å². The Kier molecular flexibility index (Phi) is 6.29. The fourth-order valence-electron chi connectivity index (χ4n) is 2.55. The van der Waals surface area contributed by atoms with E-state index < -0.39 is 19.1 Å². The molecular formula is C17H33NOSSi. The summed E-state index contributed by atoms with van der Waals surface area (Å²) in [5, 5.41) is 0. The van der Waals surface area contributed by atoms with E-state index in [-0.39, 0.29) is 10.3 Å². The molecule has 0 heterocycles. The molecule has 1 fully saturated rings. The van der Waals surface area contributed by atoms with Crippen LogP contribution < -0.4 is 4.72 Å². The van der Waals surface area contributed by atoms with Crippen molar-refractivity contribution in [3.8, 4) is 11.5 Å². The maximum Gasteiger partial charge on any atom is 0.129 e. The molecule has 1 unspecified atom stereocenters. The molecule has 0 radical (unpaired) electrons. The molecule has 0 aliphatic heterocycles. The molecule has 0 bridgehead atoms. The number of hydrogen-bond acceptors (Lipinski definition) is 1. The lowest BCUT2D eigenvalue weighted by molar-refractivity contribution is 0.256. The van der Waals surface area contributed by atoms with E-state index in [1.54, 1.807) is 0 Å². The fourth-order valence-corrected chi connectivity index (χ4v) is 4.10. The molecule has 0 saturated heterocycles. The van der Waals surface area contributed by atoms with Gasteiger partial charge in [-0.15, -0.1) is 5.54 Å². The summed E-state index contributed by atoms with van der Waals surface area (Å²) in [6.45, 7) is 15.0. The van der Waals surface area contributed by atoms with Gasteiger partial charge in [0, 0.05) is 0 Å². The Labute approximate surface area is 135 Å². The molecule has 0 amide bonds. The SMILES string of the molecule is CC(C)(C)S(=O)N[C@](C)(C#C[Si](C)(C)C)C1CCCCC1. The highest BCUT2D eigenvalue weighted by molar-refractivity contribution is 7.84. The summed E-state index contributed by atoms with van der Waals surface area (Å²) in [5.74, 6) is 4.03. The van der Waals surface area contributed by atoms with Crippen LogP contribution in [0.25, 0.3) is 0 Å². The normalized spacial score (nSPS) is 22.0. The van der Waals surface area contributed by atoms with E-state index in [9.17, 15) is 4.21 Å². The van der Waals surface area contributed by atoms with Crippen molar-refractivity contribution in [1.82, 2.24) is 4.72 Å². The molecule has 0 spiro atoms. The summed E-state index contributed by atoms with van der Waals surface area (Å²) in [4.78, 5) is 0. The van der Waals surface area contributed by atoms with E-state index in [4.69, 9.17) is 0 Å². The lowest BCUT2D eigenvalue weighted by Crippen LogP contribution is -2.52. The van der Waals surface area contributed by atoms with Gasteiger partial charge in [-0.2, -0.15) is 0 Å². The van der Waals surface area contributed by atoms with Crippen LogP contribution in [-0.2, 0) is 11.0 Å². The van der Waals surface area contributed by atoms with Crippen LogP contribution >= 0.6 is 0 Å². The van der Waals surface area contributed by atoms with Crippen LogP contribution in [-0.4, -0.2) is 22.6 Å². The Hall–Kier alpha value is -0.113. The molecular weight excluding hydrogens is 294 g/mol. The molecule has 122 valence electrons. The first kappa shape index (κ1) is 18.9. The molecule has 2 atom stereocenters. The van der Waals surface area contributed by atoms with Crippen LogP contribution in [0.2, 0.25) is 19.6 Å². The van der Waals surface area contributed by atoms with Crippen molar-refractivity contribution in [3.05, 3.63) is 0 Å². The second-order valence-electron chi connectivity index (χ2n) is 8.52. The summed E-state index contributed by atoms with van der Waals surface area (Å²) in [6, 6.07) is 0. The molecule has 0 aromatic carbocycles. The Bertz CT molecular complexity index is 432. The molecule has 1 N–H and O–H groups in total. The Morgan fingerprint density at radius 2 is 1.57 bits per heavy atom. The first-order valence-corrected chi connectivity index (χ1v) is 12.8. The minimum atomic E-state index is -1.43.